The first kappa shape index (κ1) is 13.2. The first-order valence-corrected chi connectivity index (χ1v) is 6.71. The molecule has 0 radical (unpaired) electrons. The summed E-state index contributed by atoms with van der Waals surface area (Å²) >= 11 is 0. The first-order valence-electron chi connectivity index (χ1n) is 6.71. The third-order valence-corrected chi connectivity index (χ3v) is 3.56. The van der Waals surface area contributed by atoms with Crippen LogP contribution in [0, 0.1) is 0 Å². The van der Waals surface area contributed by atoms with Crippen LogP contribution in [0.5, 0.6) is 11.5 Å². The van der Waals surface area contributed by atoms with E-state index in [1.807, 2.05) is 18.2 Å². The summed E-state index contributed by atoms with van der Waals surface area (Å²) in [5.74, 6) is 1.28. The summed E-state index contributed by atoms with van der Waals surface area (Å²) in [6.45, 7) is 2.34. The van der Waals surface area contributed by atoms with Gasteiger partial charge >= 0.3 is 0 Å². The maximum absolute atomic E-state index is 12.1. The summed E-state index contributed by atoms with van der Waals surface area (Å²) in [5, 5.41) is 2.85. The van der Waals surface area contributed by atoms with Gasteiger partial charge in [0, 0.05) is 13.2 Å². The Kier molecular flexibility index (Phi) is 3.50. The van der Waals surface area contributed by atoms with Crippen molar-refractivity contribution >= 4 is 5.91 Å². The molecule has 0 spiro atoms. The van der Waals surface area contributed by atoms with E-state index in [0.29, 0.717) is 32.8 Å². The van der Waals surface area contributed by atoms with Gasteiger partial charge in [0.05, 0.1) is 6.61 Å². The molecule has 1 unspecified atom stereocenters. The molecule has 0 saturated carbocycles. The fraction of sp³-hybridized carbons (Fsp3) is 0.500. The third-order valence-electron chi connectivity index (χ3n) is 3.56. The molecule has 2 aliphatic heterocycles. The summed E-state index contributed by atoms with van der Waals surface area (Å²) in [6, 6.07) is 5.64. The maximum Gasteiger partial charge on any atom is 0.242 e. The van der Waals surface area contributed by atoms with Crippen LogP contribution in [0.15, 0.2) is 18.2 Å². The number of carbonyl (C=O) groups excluding carboxylic acids is 1. The minimum Gasteiger partial charge on any atom is -0.486 e. The molecule has 1 fully saturated rings. The highest BCUT2D eigenvalue weighted by Gasteiger charge is 2.37. The van der Waals surface area contributed by atoms with Crippen molar-refractivity contribution in [3.05, 3.63) is 23.8 Å². The molecule has 6 heteroatoms. The average Bonchev–Trinajstić information content (AvgIpc) is 2.92. The summed E-state index contributed by atoms with van der Waals surface area (Å²) in [7, 11) is 0. The van der Waals surface area contributed by atoms with E-state index < -0.39 is 5.54 Å². The van der Waals surface area contributed by atoms with E-state index >= 15 is 0 Å². The topological polar surface area (TPSA) is 82.8 Å². The van der Waals surface area contributed by atoms with Gasteiger partial charge in [0.15, 0.2) is 11.5 Å². The molecule has 6 nitrogen and oxygen atoms in total. The van der Waals surface area contributed by atoms with Crippen molar-refractivity contribution in [2.45, 2.75) is 18.5 Å². The zero-order valence-electron chi connectivity index (χ0n) is 11.2. The summed E-state index contributed by atoms with van der Waals surface area (Å²) in [6.07, 6.45) is 0.556. The Morgan fingerprint density at radius 3 is 2.80 bits per heavy atom. The SMILES string of the molecule is NC1(C(=O)NCc2ccc3c(c2)OCCO3)CCOC1. The number of benzene rings is 1. The number of carbonyl (C=O) groups is 1. The summed E-state index contributed by atoms with van der Waals surface area (Å²) < 4.78 is 16.1. The second-order valence-corrected chi connectivity index (χ2v) is 5.12. The number of amides is 1. The monoisotopic (exact) mass is 278 g/mol. The summed E-state index contributed by atoms with van der Waals surface area (Å²) in [4.78, 5) is 12.1. The van der Waals surface area contributed by atoms with Gasteiger partial charge in [0.25, 0.3) is 0 Å². The van der Waals surface area contributed by atoms with Crippen LogP contribution in [-0.2, 0) is 16.1 Å². The Balaban J connectivity index is 1.62. The van der Waals surface area contributed by atoms with Crippen LogP contribution < -0.4 is 20.5 Å². The van der Waals surface area contributed by atoms with Crippen LogP contribution in [0.3, 0.4) is 0 Å². The first-order chi connectivity index (χ1) is 9.67. The quantitative estimate of drug-likeness (QED) is 0.825. The molecule has 2 heterocycles. The zero-order valence-corrected chi connectivity index (χ0v) is 11.2. The van der Waals surface area contributed by atoms with E-state index in [2.05, 4.69) is 5.32 Å². The van der Waals surface area contributed by atoms with E-state index in [1.54, 1.807) is 0 Å². The Bertz CT molecular complexity index is 512. The number of nitrogens with two attached hydrogens (primary N) is 1. The molecule has 1 amide bonds. The smallest absolute Gasteiger partial charge is 0.242 e. The van der Waals surface area contributed by atoms with Gasteiger partial charge in [-0.1, -0.05) is 6.07 Å². The van der Waals surface area contributed by atoms with Crippen LogP contribution >= 0.6 is 0 Å². The molecule has 1 aromatic rings. The van der Waals surface area contributed by atoms with E-state index in [9.17, 15) is 4.79 Å². The largest absolute Gasteiger partial charge is 0.486 e. The van der Waals surface area contributed by atoms with Crippen LogP contribution in [0.1, 0.15) is 12.0 Å². The molecule has 3 N–H and O–H groups in total. The van der Waals surface area contributed by atoms with Crippen molar-refractivity contribution in [2.24, 2.45) is 5.73 Å². The van der Waals surface area contributed by atoms with Gasteiger partial charge in [0.1, 0.15) is 18.8 Å². The van der Waals surface area contributed by atoms with Crippen LogP contribution in [0.25, 0.3) is 0 Å². The molecule has 1 aromatic carbocycles. The van der Waals surface area contributed by atoms with E-state index in [4.69, 9.17) is 19.9 Å². The Labute approximate surface area is 117 Å². The lowest BCUT2D eigenvalue weighted by Gasteiger charge is -2.21. The molecule has 108 valence electrons. The molecule has 2 aliphatic rings. The fourth-order valence-corrected chi connectivity index (χ4v) is 2.32. The van der Waals surface area contributed by atoms with Gasteiger partial charge in [-0.2, -0.15) is 0 Å². The summed E-state index contributed by atoms with van der Waals surface area (Å²) in [5.41, 5.74) is 6.05. The van der Waals surface area contributed by atoms with Crippen molar-refractivity contribution < 1.29 is 19.0 Å². The van der Waals surface area contributed by atoms with E-state index in [-0.39, 0.29) is 12.5 Å². The molecule has 1 saturated heterocycles. The van der Waals surface area contributed by atoms with Crippen molar-refractivity contribution in [3.63, 3.8) is 0 Å². The van der Waals surface area contributed by atoms with Gasteiger partial charge < -0.3 is 25.3 Å². The molecule has 0 aliphatic carbocycles. The number of nitrogens with one attached hydrogen (secondary N) is 1. The molecular formula is C14H18N2O4. The Morgan fingerprint density at radius 2 is 2.05 bits per heavy atom. The standard InChI is InChI=1S/C14H18N2O4/c15-14(3-4-18-9-14)13(17)16-8-10-1-2-11-12(7-10)20-6-5-19-11/h1-2,7H,3-6,8-9,15H2,(H,16,17). The molecular weight excluding hydrogens is 260 g/mol. The van der Waals surface area contributed by atoms with Crippen LogP contribution in [-0.4, -0.2) is 37.9 Å². The Morgan fingerprint density at radius 1 is 1.25 bits per heavy atom. The second-order valence-electron chi connectivity index (χ2n) is 5.12. The van der Waals surface area contributed by atoms with Gasteiger partial charge in [-0.05, 0) is 24.1 Å². The van der Waals surface area contributed by atoms with Gasteiger partial charge in [-0.15, -0.1) is 0 Å². The highest BCUT2D eigenvalue weighted by molar-refractivity contribution is 5.86. The van der Waals surface area contributed by atoms with Crippen LogP contribution in [0.2, 0.25) is 0 Å². The molecule has 1 atom stereocenters. The third kappa shape index (κ3) is 2.57. The minimum atomic E-state index is -0.895. The number of ether oxygens (including phenoxy) is 3. The minimum absolute atomic E-state index is 0.176. The lowest BCUT2D eigenvalue weighted by Crippen LogP contribution is -2.54. The van der Waals surface area contributed by atoms with Gasteiger partial charge in [0.2, 0.25) is 5.91 Å². The molecule has 20 heavy (non-hydrogen) atoms. The van der Waals surface area contributed by atoms with Crippen molar-refractivity contribution in [1.82, 2.24) is 5.32 Å². The number of rotatable bonds is 3. The maximum atomic E-state index is 12.1. The van der Waals surface area contributed by atoms with Crippen molar-refractivity contribution in [3.8, 4) is 11.5 Å². The number of hydrogen-bond donors (Lipinski definition) is 2. The van der Waals surface area contributed by atoms with Crippen molar-refractivity contribution in [1.29, 1.82) is 0 Å². The van der Waals surface area contributed by atoms with E-state index in [1.165, 1.54) is 0 Å². The molecule has 3 rings (SSSR count). The van der Waals surface area contributed by atoms with Gasteiger partial charge in [-0.25, -0.2) is 0 Å². The van der Waals surface area contributed by atoms with Crippen LogP contribution in [0.4, 0.5) is 0 Å². The molecule has 0 bridgehead atoms. The zero-order chi connectivity index (χ0) is 14.0. The molecule has 0 aromatic heterocycles. The van der Waals surface area contributed by atoms with E-state index in [0.717, 1.165) is 17.1 Å². The number of hydrogen-bond acceptors (Lipinski definition) is 5. The highest BCUT2D eigenvalue weighted by Crippen LogP contribution is 2.30. The average molecular weight is 278 g/mol. The normalized spacial score (nSPS) is 24.4. The van der Waals surface area contributed by atoms with Gasteiger partial charge in [-0.3, -0.25) is 4.79 Å². The fourth-order valence-electron chi connectivity index (χ4n) is 2.32. The number of fused-ring (bicyclic) bond motifs is 1. The highest BCUT2D eigenvalue weighted by atomic mass is 16.6. The van der Waals surface area contributed by atoms with Crippen molar-refractivity contribution in [2.75, 3.05) is 26.4 Å². The predicted molar refractivity (Wildman–Crippen MR) is 71.6 cm³/mol. The predicted octanol–water partition coefficient (Wildman–Crippen LogP) is 0.192. The lowest BCUT2D eigenvalue weighted by molar-refractivity contribution is -0.126. The Hall–Kier alpha value is -1.79. The second kappa shape index (κ2) is 5.30. The lowest BCUT2D eigenvalue weighted by atomic mass is 9.99.